The van der Waals surface area contributed by atoms with Gasteiger partial charge in [-0.1, -0.05) is 17.7 Å². The Kier molecular flexibility index (Phi) is 6.60. The van der Waals surface area contributed by atoms with Crippen molar-refractivity contribution in [2.45, 2.75) is 24.7 Å². The number of hydrogen-bond acceptors (Lipinski definition) is 5. The Morgan fingerprint density at radius 3 is 2.09 bits per heavy atom. The lowest BCUT2D eigenvalue weighted by Gasteiger charge is -2.34. The molecule has 1 aliphatic carbocycles. The van der Waals surface area contributed by atoms with Crippen LogP contribution in [0.25, 0.3) is 0 Å². The second-order valence-corrected chi connectivity index (χ2v) is 10.5. The van der Waals surface area contributed by atoms with E-state index in [1.54, 1.807) is 53.4 Å². The van der Waals surface area contributed by atoms with Crippen LogP contribution in [0.2, 0.25) is 0 Å². The fraction of sp³-hybridized carbons (Fsp3) is 0.417. The molecule has 1 saturated heterocycles. The fourth-order valence-electron chi connectivity index (χ4n) is 3.76. The molecule has 2 fully saturated rings. The highest BCUT2D eigenvalue weighted by molar-refractivity contribution is 7.92. The van der Waals surface area contributed by atoms with Gasteiger partial charge in [0, 0.05) is 39.1 Å². The van der Waals surface area contributed by atoms with Gasteiger partial charge in [-0.15, -0.1) is 0 Å². The van der Waals surface area contributed by atoms with Crippen LogP contribution in [0.5, 0.6) is 5.75 Å². The zero-order valence-corrected chi connectivity index (χ0v) is 19.8. The minimum atomic E-state index is -3.67. The van der Waals surface area contributed by atoms with Crippen LogP contribution < -0.4 is 9.04 Å². The molecule has 2 amide bonds. The normalized spacial score (nSPS) is 16.4. The van der Waals surface area contributed by atoms with Crippen molar-refractivity contribution in [2.75, 3.05) is 44.1 Å². The molecule has 33 heavy (non-hydrogen) atoms. The van der Waals surface area contributed by atoms with Gasteiger partial charge in [-0.2, -0.15) is 0 Å². The molecule has 1 saturated carbocycles. The summed E-state index contributed by atoms with van der Waals surface area (Å²) in [4.78, 5) is 28.4. The maximum atomic E-state index is 12.8. The van der Waals surface area contributed by atoms with Crippen molar-refractivity contribution >= 4 is 27.5 Å². The lowest BCUT2D eigenvalue weighted by molar-refractivity contribution is -0.141. The lowest BCUT2D eigenvalue weighted by Crippen LogP contribution is -2.52. The number of aryl methyl sites for hydroxylation is 1. The topological polar surface area (TPSA) is 87.2 Å². The summed E-state index contributed by atoms with van der Waals surface area (Å²) in [5.41, 5.74) is 1.48. The molecule has 0 radical (unpaired) electrons. The molecule has 2 aromatic carbocycles. The summed E-state index contributed by atoms with van der Waals surface area (Å²) in [6, 6.07) is 13.3. The number of sulfonamides is 1. The number of ether oxygens (including phenoxy) is 1. The van der Waals surface area contributed by atoms with E-state index in [0.717, 1.165) is 18.4 Å². The average Bonchev–Trinajstić information content (AvgIpc) is 3.68. The van der Waals surface area contributed by atoms with Crippen molar-refractivity contribution < 1.29 is 22.7 Å². The van der Waals surface area contributed by atoms with Gasteiger partial charge in [0.25, 0.3) is 15.9 Å². The molecule has 0 aromatic heterocycles. The number of hydrogen-bond donors (Lipinski definition) is 0. The monoisotopic (exact) mass is 471 g/mol. The van der Waals surface area contributed by atoms with Crippen LogP contribution in [0.3, 0.4) is 0 Å². The van der Waals surface area contributed by atoms with Crippen LogP contribution in [0.15, 0.2) is 53.4 Å². The number of anilines is 1. The van der Waals surface area contributed by atoms with Crippen molar-refractivity contribution in [1.82, 2.24) is 9.80 Å². The van der Waals surface area contributed by atoms with Crippen LogP contribution in [-0.2, 0) is 19.6 Å². The molecular weight excluding hydrogens is 442 g/mol. The van der Waals surface area contributed by atoms with Crippen molar-refractivity contribution in [3.63, 3.8) is 0 Å². The molecule has 2 aromatic rings. The Bertz CT molecular complexity index is 1100. The Morgan fingerprint density at radius 1 is 0.939 bits per heavy atom. The molecule has 8 nitrogen and oxygen atoms in total. The number of carbonyl (C=O) groups excluding carboxylic acids is 2. The van der Waals surface area contributed by atoms with Gasteiger partial charge in [-0.25, -0.2) is 8.42 Å². The quantitative estimate of drug-likeness (QED) is 0.618. The van der Waals surface area contributed by atoms with E-state index in [9.17, 15) is 18.0 Å². The molecule has 0 N–H and O–H groups in total. The first-order chi connectivity index (χ1) is 15.8. The third kappa shape index (κ3) is 5.30. The molecule has 2 aliphatic rings. The molecule has 0 spiro atoms. The Hall–Kier alpha value is -3.07. The molecular formula is C24H29N3O5S. The average molecular weight is 472 g/mol. The summed E-state index contributed by atoms with van der Waals surface area (Å²) in [6.45, 7) is 3.96. The lowest BCUT2D eigenvalue weighted by atomic mass is 10.2. The standard InChI is InChI=1S/C24H29N3O5S/c1-18-3-11-22(12-4-18)33(30,31)25(2)20-7-9-21(10-8-20)32-17-23(28)26-13-15-27(16-14-26)24(29)19-5-6-19/h3-4,7-12,19H,5-6,13-17H2,1-2H3. The van der Waals surface area contributed by atoms with E-state index in [1.807, 2.05) is 11.8 Å². The number of amides is 2. The van der Waals surface area contributed by atoms with E-state index in [0.29, 0.717) is 37.6 Å². The van der Waals surface area contributed by atoms with Crippen molar-refractivity contribution in [2.24, 2.45) is 5.92 Å². The van der Waals surface area contributed by atoms with Crippen LogP contribution in [0, 0.1) is 12.8 Å². The molecule has 1 aliphatic heterocycles. The minimum Gasteiger partial charge on any atom is -0.484 e. The van der Waals surface area contributed by atoms with Crippen molar-refractivity contribution in [3.8, 4) is 5.75 Å². The molecule has 0 atom stereocenters. The number of rotatable bonds is 7. The summed E-state index contributed by atoms with van der Waals surface area (Å²) >= 11 is 0. The third-order valence-corrected chi connectivity index (χ3v) is 7.91. The largest absolute Gasteiger partial charge is 0.484 e. The summed E-state index contributed by atoms with van der Waals surface area (Å²) < 4.78 is 32.5. The zero-order valence-electron chi connectivity index (χ0n) is 18.9. The van der Waals surface area contributed by atoms with Gasteiger partial charge in [0.1, 0.15) is 5.75 Å². The molecule has 4 rings (SSSR count). The summed E-state index contributed by atoms with van der Waals surface area (Å²) in [6.07, 6.45) is 1.97. The first-order valence-corrected chi connectivity index (χ1v) is 12.5. The van der Waals surface area contributed by atoms with E-state index in [2.05, 4.69) is 0 Å². The Labute approximate surface area is 194 Å². The van der Waals surface area contributed by atoms with Gasteiger partial charge in [0.15, 0.2) is 6.61 Å². The highest BCUT2D eigenvalue weighted by atomic mass is 32.2. The Morgan fingerprint density at radius 2 is 1.52 bits per heavy atom. The number of piperazine rings is 1. The van der Waals surface area contributed by atoms with E-state index in [1.165, 1.54) is 11.4 Å². The van der Waals surface area contributed by atoms with Gasteiger partial charge in [0.05, 0.1) is 10.6 Å². The van der Waals surface area contributed by atoms with Crippen LogP contribution >= 0.6 is 0 Å². The van der Waals surface area contributed by atoms with E-state index >= 15 is 0 Å². The molecule has 9 heteroatoms. The maximum Gasteiger partial charge on any atom is 0.264 e. The number of benzene rings is 2. The first-order valence-electron chi connectivity index (χ1n) is 11.1. The molecule has 0 bridgehead atoms. The van der Waals surface area contributed by atoms with Crippen LogP contribution in [0.1, 0.15) is 18.4 Å². The van der Waals surface area contributed by atoms with Crippen molar-refractivity contribution in [1.29, 1.82) is 0 Å². The van der Waals surface area contributed by atoms with Gasteiger partial charge >= 0.3 is 0 Å². The summed E-state index contributed by atoms with van der Waals surface area (Å²) in [7, 11) is -2.17. The fourth-order valence-corrected chi connectivity index (χ4v) is 4.96. The maximum absolute atomic E-state index is 12.8. The predicted molar refractivity (Wildman–Crippen MR) is 125 cm³/mol. The highest BCUT2D eigenvalue weighted by Crippen LogP contribution is 2.31. The van der Waals surface area contributed by atoms with Gasteiger partial charge < -0.3 is 14.5 Å². The van der Waals surface area contributed by atoms with E-state index < -0.39 is 10.0 Å². The summed E-state index contributed by atoms with van der Waals surface area (Å²) in [5, 5.41) is 0. The van der Waals surface area contributed by atoms with E-state index in [4.69, 9.17) is 4.74 Å². The van der Waals surface area contributed by atoms with Crippen LogP contribution in [0.4, 0.5) is 5.69 Å². The smallest absolute Gasteiger partial charge is 0.264 e. The second-order valence-electron chi connectivity index (χ2n) is 8.55. The van der Waals surface area contributed by atoms with Crippen molar-refractivity contribution in [3.05, 3.63) is 54.1 Å². The van der Waals surface area contributed by atoms with Gasteiger partial charge in [0.2, 0.25) is 5.91 Å². The molecule has 176 valence electrons. The highest BCUT2D eigenvalue weighted by Gasteiger charge is 2.35. The van der Waals surface area contributed by atoms with Gasteiger partial charge in [-0.05, 0) is 56.2 Å². The Balaban J connectivity index is 1.29. The number of carbonyl (C=O) groups is 2. The zero-order chi connectivity index (χ0) is 23.6. The first kappa shape index (κ1) is 23.1. The third-order valence-electron chi connectivity index (χ3n) is 6.11. The predicted octanol–water partition coefficient (Wildman–Crippen LogP) is 2.28. The van der Waals surface area contributed by atoms with Crippen LogP contribution in [-0.4, -0.2) is 69.9 Å². The SMILES string of the molecule is Cc1ccc(S(=O)(=O)N(C)c2ccc(OCC(=O)N3CCN(C(=O)C4CC4)CC3)cc2)cc1. The van der Waals surface area contributed by atoms with E-state index in [-0.39, 0.29) is 29.2 Å². The van der Waals surface area contributed by atoms with Gasteiger partial charge in [-0.3, -0.25) is 13.9 Å². The second kappa shape index (κ2) is 9.43. The number of nitrogens with zero attached hydrogens (tertiary/aromatic N) is 3. The molecule has 0 unspecified atom stereocenters. The molecule has 1 heterocycles. The minimum absolute atomic E-state index is 0.104. The summed E-state index contributed by atoms with van der Waals surface area (Å²) in [5.74, 6) is 0.768.